The van der Waals surface area contributed by atoms with Gasteiger partial charge in [0.05, 0.1) is 11.2 Å². The molecule has 0 radical (unpaired) electrons. The summed E-state index contributed by atoms with van der Waals surface area (Å²) in [6.07, 6.45) is 3.94. The molecule has 112 valence electrons. The maximum atomic E-state index is 4.94. The number of benzene rings is 1. The second kappa shape index (κ2) is 5.92. The third kappa shape index (κ3) is 2.69. The van der Waals surface area contributed by atoms with Crippen LogP contribution in [0.3, 0.4) is 0 Å². The number of aromatic nitrogens is 1. The van der Waals surface area contributed by atoms with Crippen LogP contribution in [0.15, 0.2) is 24.3 Å². The zero-order chi connectivity index (χ0) is 14.8. The van der Waals surface area contributed by atoms with Gasteiger partial charge in [-0.25, -0.2) is 4.98 Å². The normalized spacial score (nSPS) is 15.7. The summed E-state index contributed by atoms with van der Waals surface area (Å²) in [6, 6.07) is 8.86. The molecule has 0 aliphatic carbocycles. The highest BCUT2D eigenvalue weighted by molar-refractivity contribution is 5.92. The van der Waals surface area contributed by atoms with Gasteiger partial charge in [0, 0.05) is 25.5 Å². The van der Waals surface area contributed by atoms with E-state index < -0.39 is 0 Å². The monoisotopic (exact) mass is 283 g/mol. The molecule has 1 saturated heterocycles. The maximum absolute atomic E-state index is 4.94. The fourth-order valence-corrected chi connectivity index (χ4v) is 3.23. The topological polar surface area (TPSA) is 28.2 Å². The van der Waals surface area contributed by atoms with Crippen molar-refractivity contribution in [2.45, 2.75) is 39.0 Å². The molecular weight excluding hydrogens is 258 g/mol. The highest BCUT2D eigenvalue weighted by Crippen LogP contribution is 2.32. The van der Waals surface area contributed by atoms with E-state index >= 15 is 0 Å². The van der Waals surface area contributed by atoms with Gasteiger partial charge in [0.15, 0.2) is 0 Å². The molecule has 0 unspecified atom stereocenters. The van der Waals surface area contributed by atoms with E-state index in [1.807, 2.05) is 7.05 Å². The van der Waals surface area contributed by atoms with Crippen LogP contribution in [0, 0.1) is 0 Å². The standard InChI is InChI=1S/C18H25N3/c1-13(2)15-12-14-8-7-9-16(17(14)20-18(15)19-3)21-10-5-4-6-11-21/h7-9,12-13H,4-6,10-11H2,1-3H3,(H,19,20). The predicted molar refractivity (Wildman–Crippen MR) is 91.4 cm³/mol. The van der Waals surface area contributed by atoms with Crippen molar-refractivity contribution in [2.24, 2.45) is 0 Å². The van der Waals surface area contributed by atoms with Crippen LogP contribution in [0.5, 0.6) is 0 Å². The Hall–Kier alpha value is -1.77. The van der Waals surface area contributed by atoms with Crippen molar-refractivity contribution in [1.82, 2.24) is 4.98 Å². The summed E-state index contributed by atoms with van der Waals surface area (Å²) in [5, 5.41) is 4.52. The summed E-state index contributed by atoms with van der Waals surface area (Å²) in [6.45, 7) is 6.75. The van der Waals surface area contributed by atoms with Crippen molar-refractivity contribution in [2.75, 3.05) is 30.4 Å². The molecule has 0 saturated carbocycles. The number of piperidine rings is 1. The van der Waals surface area contributed by atoms with Gasteiger partial charge in [0.1, 0.15) is 5.82 Å². The van der Waals surface area contributed by atoms with Gasteiger partial charge in [-0.3, -0.25) is 0 Å². The van der Waals surface area contributed by atoms with Crippen molar-refractivity contribution in [1.29, 1.82) is 0 Å². The fourth-order valence-electron chi connectivity index (χ4n) is 3.23. The number of pyridine rings is 1. The Morgan fingerprint density at radius 3 is 2.57 bits per heavy atom. The van der Waals surface area contributed by atoms with E-state index in [4.69, 9.17) is 4.98 Å². The van der Waals surface area contributed by atoms with E-state index in [9.17, 15) is 0 Å². The molecule has 1 aromatic heterocycles. The Kier molecular flexibility index (Phi) is 4.00. The molecule has 3 rings (SSSR count). The molecular formula is C18H25N3. The first-order valence-corrected chi connectivity index (χ1v) is 8.07. The first-order chi connectivity index (χ1) is 10.2. The van der Waals surface area contributed by atoms with Crippen molar-refractivity contribution in [3.63, 3.8) is 0 Å². The lowest BCUT2D eigenvalue weighted by atomic mass is 10.0. The van der Waals surface area contributed by atoms with Gasteiger partial charge in [-0.1, -0.05) is 26.0 Å². The second-order valence-corrected chi connectivity index (χ2v) is 6.23. The second-order valence-electron chi connectivity index (χ2n) is 6.23. The van der Waals surface area contributed by atoms with Crippen LogP contribution in [0.2, 0.25) is 0 Å². The number of hydrogen-bond acceptors (Lipinski definition) is 3. The minimum atomic E-state index is 0.475. The number of nitrogens with one attached hydrogen (secondary N) is 1. The smallest absolute Gasteiger partial charge is 0.129 e. The quantitative estimate of drug-likeness (QED) is 0.905. The average molecular weight is 283 g/mol. The van der Waals surface area contributed by atoms with Crippen LogP contribution in [0.1, 0.15) is 44.6 Å². The maximum Gasteiger partial charge on any atom is 0.129 e. The Morgan fingerprint density at radius 1 is 1.14 bits per heavy atom. The number of para-hydroxylation sites is 1. The van der Waals surface area contributed by atoms with Crippen LogP contribution in [0.4, 0.5) is 11.5 Å². The van der Waals surface area contributed by atoms with E-state index in [-0.39, 0.29) is 0 Å². The summed E-state index contributed by atoms with van der Waals surface area (Å²) in [4.78, 5) is 7.43. The number of hydrogen-bond donors (Lipinski definition) is 1. The van der Waals surface area contributed by atoms with E-state index in [0.29, 0.717) is 5.92 Å². The Morgan fingerprint density at radius 2 is 1.90 bits per heavy atom. The highest BCUT2D eigenvalue weighted by atomic mass is 15.1. The van der Waals surface area contributed by atoms with Gasteiger partial charge < -0.3 is 10.2 Å². The Balaban J connectivity index is 2.13. The van der Waals surface area contributed by atoms with Crippen LogP contribution in [-0.4, -0.2) is 25.1 Å². The SMILES string of the molecule is CNc1nc2c(N3CCCCC3)cccc2cc1C(C)C. The van der Waals surface area contributed by atoms with Gasteiger partial charge in [0.25, 0.3) is 0 Å². The molecule has 3 heteroatoms. The molecule has 1 N–H and O–H groups in total. The molecule has 2 aromatic rings. The molecule has 1 aliphatic heterocycles. The number of rotatable bonds is 3. The lowest BCUT2D eigenvalue weighted by molar-refractivity contribution is 0.579. The molecule has 1 aromatic carbocycles. The third-order valence-corrected chi connectivity index (χ3v) is 4.41. The predicted octanol–water partition coefficient (Wildman–Crippen LogP) is 4.39. The molecule has 1 aliphatic rings. The van der Waals surface area contributed by atoms with Crippen molar-refractivity contribution in [3.8, 4) is 0 Å². The van der Waals surface area contributed by atoms with Crippen molar-refractivity contribution in [3.05, 3.63) is 29.8 Å². The van der Waals surface area contributed by atoms with Crippen molar-refractivity contribution < 1.29 is 0 Å². The lowest BCUT2D eigenvalue weighted by Gasteiger charge is -2.29. The van der Waals surface area contributed by atoms with Gasteiger partial charge in [-0.15, -0.1) is 0 Å². The minimum absolute atomic E-state index is 0.475. The van der Waals surface area contributed by atoms with Gasteiger partial charge in [0.2, 0.25) is 0 Å². The molecule has 2 heterocycles. The lowest BCUT2D eigenvalue weighted by Crippen LogP contribution is -2.29. The zero-order valence-corrected chi connectivity index (χ0v) is 13.3. The average Bonchev–Trinajstić information content (AvgIpc) is 2.53. The Labute approximate surface area is 127 Å². The molecule has 0 spiro atoms. The summed E-state index contributed by atoms with van der Waals surface area (Å²) >= 11 is 0. The molecule has 0 atom stereocenters. The largest absolute Gasteiger partial charge is 0.373 e. The van der Waals surface area contributed by atoms with Crippen LogP contribution in [0.25, 0.3) is 10.9 Å². The summed E-state index contributed by atoms with van der Waals surface area (Å²) in [7, 11) is 1.96. The first-order valence-electron chi connectivity index (χ1n) is 8.07. The van der Waals surface area contributed by atoms with Crippen LogP contribution in [-0.2, 0) is 0 Å². The zero-order valence-electron chi connectivity index (χ0n) is 13.3. The number of fused-ring (bicyclic) bond motifs is 1. The fraction of sp³-hybridized carbons (Fsp3) is 0.500. The molecule has 3 nitrogen and oxygen atoms in total. The van der Waals surface area contributed by atoms with E-state index in [1.165, 1.54) is 35.9 Å². The minimum Gasteiger partial charge on any atom is -0.373 e. The molecule has 1 fully saturated rings. The first kappa shape index (κ1) is 14.2. The van der Waals surface area contributed by atoms with E-state index in [0.717, 1.165) is 24.4 Å². The number of anilines is 2. The highest BCUT2D eigenvalue weighted by Gasteiger charge is 2.16. The van der Waals surface area contributed by atoms with Crippen molar-refractivity contribution >= 4 is 22.4 Å². The van der Waals surface area contributed by atoms with Gasteiger partial charge in [-0.05, 0) is 42.9 Å². The molecule has 0 amide bonds. The third-order valence-electron chi connectivity index (χ3n) is 4.41. The molecule has 0 bridgehead atoms. The van der Waals surface area contributed by atoms with E-state index in [2.05, 4.69) is 48.3 Å². The van der Waals surface area contributed by atoms with Crippen LogP contribution >= 0.6 is 0 Å². The van der Waals surface area contributed by atoms with Gasteiger partial charge >= 0.3 is 0 Å². The summed E-state index contributed by atoms with van der Waals surface area (Å²) in [5.74, 6) is 1.49. The van der Waals surface area contributed by atoms with Gasteiger partial charge in [-0.2, -0.15) is 0 Å². The number of nitrogens with zero attached hydrogens (tertiary/aromatic N) is 2. The van der Waals surface area contributed by atoms with Crippen LogP contribution < -0.4 is 10.2 Å². The summed E-state index contributed by atoms with van der Waals surface area (Å²) in [5.41, 5.74) is 3.72. The summed E-state index contributed by atoms with van der Waals surface area (Å²) < 4.78 is 0. The molecule has 21 heavy (non-hydrogen) atoms. The Bertz CT molecular complexity index is 628. The van der Waals surface area contributed by atoms with E-state index in [1.54, 1.807) is 0 Å².